The molecule has 1 atom stereocenters. The van der Waals surface area contributed by atoms with Gasteiger partial charge in [0, 0.05) is 0 Å². The Bertz CT molecular complexity index is 724. The van der Waals surface area contributed by atoms with E-state index in [0.717, 1.165) is 5.39 Å². The smallest absolute Gasteiger partial charge is 0.363 e. The van der Waals surface area contributed by atoms with Crippen molar-refractivity contribution in [1.82, 2.24) is 0 Å². The Morgan fingerprint density at radius 3 is 2.52 bits per heavy atom. The summed E-state index contributed by atoms with van der Waals surface area (Å²) in [6.07, 6.45) is 0. The average Bonchev–Trinajstić information content (AvgIpc) is 2.44. The van der Waals surface area contributed by atoms with Crippen LogP contribution in [0.25, 0.3) is 10.8 Å². The van der Waals surface area contributed by atoms with Crippen molar-refractivity contribution < 1.29 is 28.3 Å². The van der Waals surface area contributed by atoms with Crippen molar-refractivity contribution in [2.75, 3.05) is 6.61 Å². The van der Waals surface area contributed by atoms with Gasteiger partial charge in [-0.05, 0) is 41.5 Å². The van der Waals surface area contributed by atoms with Crippen molar-refractivity contribution in [3.8, 4) is 0 Å². The minimum atomic E-state index is -4.86. The zero-order valence-corrected chi connectivity index (χ0v) is 12.1. The fraction of sp³-hybridized carbons (Fsp3) is 0.214. The molecule has 2 aromatic carbocycles. The third-order valence-corrected chi connectivity index (χ3v) is 3.83. The lowest BCUT2D eigenvalue weighted by atomic mass is 10.0. The third kappa shape index (κ3) is 3.47. The van der Waals surface area contributed by atoms with Crippen LogP contribution in [0, 0.1) is 0 Å². The normalized spacial score (nSPS) is 13.1. The number of fused-ring (bicyclic) bond motifs is 1. The predicted octanol–water partition coefficient (Wildman–Crippen LogP) is 3.16. The van der Waals surface area contributed by atoms with Crippen LogP contribution in [0.2, 0.25) is 0 Å². The second kappa shape index (κ2) is 5.93. The molecule has 0 heterocycles. The summed E-state index contributed by atoms with van der Waals surface area (Å²) in [6, 6.07) is 8.93. The van der Waals surface area contributed by atoms with Crippen LogP contribution in [0.3, 0.4) is 0 Å². The molecule has 2 aromatic rings. The van der Waals surface area contributed by atoms with Crippen molar-refractivity contribution >= 4 is 24.3 Å². The van der Waals surface area contributed by atoms with Gasteiger partial charge in [-0.15, -0.1) is 0 Å². The SMILES string of the molecule is CCOC(=O)c1ccc2ccc(C(F)P(=O)(O)O)cc2c1. The standard InChI is InChI=1S/C14H14FO5P/c1-2-20-14(16)11-6-4-9-3-5-10(7-12(9)8-11)13(15)21(17,18)19/h3-8,13H,2H2,1H3,(H2,17,18,19). The lowest BCUT2D eigenvalue weighted by Crippen LogP contribution is -2.04. The summed E-state index contributed by atoms with van der Waals surface area (Å²) in [5.41, 5.74) is 0.171. The van der Waals surface area contributed by atoms with Gasteiger partial charge in [-0.2, -0.15) is 0 Å². The molecule has 0 aromatic heterocycles. The summed E-state index contributed by atoms with van der Waals surface area (Å²) in [4.78, 5) is 29.4. The van der Waals surface area contributed by atoms with Crippen LogP contribution in [0.1, 0.15) is 28.8 Å². The van der Waals surface area contributed by atoms with Gasteiger partial charge in [0.2, 0.25) is 5.91 Å². The molecule has 112 valence electrons. The minimum Gasteiger partial charge on any atom is -0.462 e. The highest BCUT2D eigenvalue weighted by atomic mass is 31.2. The number of hydrogen-bond donors (Lipinski definition) is 2. The first-order valence-electron chi connectivity index (χ1n) is 6.23. The molecule has 0 bridgehead atoms. The molecule has 0 fully saturated rings. The van der Waals surface area contributed by atoms with Gasteiger partial charge in [0.1, 0.15) is 0 Å². The van der Waals surface area contributed by atoms with Crippen molar-refractivity contribution in [2.45, 2.75) is 12.8 Å². The number of halogens is 1. The van der Waals surface area contributed by atoms with Crippen LogP contribution in [0.4, 0.5) is 4.39 Å². The number of alkyl halides is 1. The van der Waals surface area contributed by atoms with E-state index in [1.165, 1.54) is 18.2 Å². The molecule has 0 aliphatic rings. The molecular formula is C14H14FO5P. The second-order valence-electron chi connectivity index (χ2n) is 4.47. The van der Waals surface area contributed by atoms with Crippen LogP contribution in [-0.4, -0.2) is 22.4 Å². The Morgan fingerprint density at radius 2 is 1.90 bits per heavy atom. The van der Waals surface area contributed by atoms with E-state index in [2.05, 4.69) is 0 Å². The van der Waals surface area contributed by atoms with Crippen LogP contribution in [0.15, 0.2) is 36.4 Å². The Kier molecular flexibility index (Phi) is 4.42. The molecule has 2 rings (SSSR count). The molecule has 0 saturated carbocycles. The van der Waals surface area contributed by atoms with Crippen molar-refractivity contribution in [2.24, 2.45) is 0 Å². The molecule has 2 N–H and O–H groups in total. The summed E-state index contributed by atoms with van der Waals surface area (Å²) in [5.74, 6) is -2.88. The van der Waals surface area contributed by atoms with E-state index in [1.54, 1.807) is 25.1 Å². The number of hydrogen-bond acceptors (Lipinski definition) is 3. The van der Waals surface area contributed by atoms with Crippen molar-refractivity contribution in [1.29, 1.82) is 0 Å². The summed E-state index contributed by atoms with van der Waals surface area (Å²) < 4.78 is 29.5. The molecule has 0 saturated heterocycles. The summed E-state index contributed by atoms with van der Waals surface area (Å²) in [5, 5.41) is 1.24. The second-order valence-corrected chi connectivity index (χ2v) is 6.10. The first-order valence-corrected chi connectivity index (χ1v) is 7.91. The molecular weight excluding hydrogens is 298 g/mol. The number of benzene rings is 2. The summed E-state index contributed by atoms with van der Waals surface area (Å²) >= 11 is 0. The number of carbonyl (C=O) groups is 1. The zero-order valence-electron chi connectivity index (χ0n) is 11.2. The molecule has 0 aliphatic carbocycles. The number of esters is 1. The highest BCUT2D eigenvalue weighted by Gasteiger charge is 2.30. The van der Waals surface area contributed by atoms with Crippen LogP contribution in [-0.2, 0) is 9.30 Å². The maximum Gasteiger partial charge on any atom is 0.363 e. The van der Waals surface area contributed by atoms with E-state index < -0.39 is 19.5 Å². The van der Waals surface area contributed by atoms with Gasteiger partial charge in [0.15, 0.2) is 0 Å². The summed E-state index contributed by atoms with van der Waals surface area (Å²) in [6.45, 7) is 1.92. The van der Waals surface area contributed by atoms with E-state index in [-0.39, 0.29) is 12.2 Å². The highest BCUT2D eigenvalue weighted by Crippen LogP contribution is 2.52. The first-order chi connectivity index (χ1) is 9.82. The van der Waals surface area contributed by atoms with Gasteiger partial charge in [0.25, 0.3) is 0 Å². The lowest BCUT2D eigenvalue weighted by Gasteiger charge is -2.11. The maximum atomic E-state index is 13.7. The van der Waals surface area contributed by atoms with Gasteiger partial charge in [-0.1, -0.05) is 18.2 Å². The van der Waals surface area contributed by atoms with E-state index in [1.807, 2.05) is 0 Å². The number of carbonyl (C=O) groups excluding carboxylic acids is 1. The first kappa shape index (κ1) is 15.6. The van der Waals surface area contributed by atoms with E-state index >= 15 is 0 Å². The van der Waals surface area contributed by atoms with Gasteiger partial charge in [-0.25, -0.2) is 9.18 Å². The van der Waals surface area contributed by atoms with Gasteiger partial charge in [-0.3, -0.25) is 4.57 Å². The van der Waals surface area contributed by atoms with E-state index in [4.69, 9.17) is 14.5 Å². The molecule has 0 spiro atoms. The number of rotatable bonds is 4. The lowest BCUT2D eigenvalue weighted by molar-refractivity contribution is 0.0526. The van der Waals surface area contributed by atoms with Gasteiger partial charge < -0.3 is 14.5 Å². The minimum absolute atomic E-state index is 0.128. The average molecular weight is 312 g/mol. The third-order valence-electron chi connectivity index (χ3n) is 2.95. The van der Waals surface area contributed by atoms with Crippen molar-refractivity contribution in [3.05, 3.63) is 47.5 Å². The number of ether oxygens (including phenoxy) is 1. The summed E-state index contributed by atoms with van der Waals surface area (Å²) in [7, 11) is -4.86. The van der Waals surface area contributed by atoms with E-state index in [9.17, 15) is 13.8 Å². The van der Waals surface area contributed by atoms with E-state index in [0.29, 0.717) is 10.9 Å². The molecule has 21 heavy (non-hydrogen) atoms. The largest absolute Gasteiger partial charge is 0.462 e. The fourth-order valence-electron chi connectivity index (χ4n) is 1.95. The monoisotopic (exact) mass is 312 g/mol. The Balaban J connectivity index is 2.46. The van der Waals surface area contributed by atoms with Crippen molar-refractivity contribution in [3.63, 3.8) is 0 Å². The Labute approximate surface area is 120 Å². The maximum absolute atomic E-state index is 13.7. The topological polar surface area (TPSA) is 83.8 Å². The highest BCUT2D eigenvalue weighted by molar-refractivity contribution is 7.51. The molecule has 0 aliphatic heterocycles. The molecule has 0 radical (unpaired) electrons. The Hall–Kier alpha value is -1.75. The molecule has 1 unspecified atom stereocenters. The van der Waals surface area contributed by atoms with Crippen LogP contribution >= 0.6 is 7.60 Å². The molecule has 0 amide bonds. The fourth-order valence-corrected chi connectivity index (χ4v) is 2.50. The quantitative estimate of drug-likeness (QED) is 0.669. The molecule has 5 nitrogen and oxygen atoms in total. The van der Waals surface area contributed by atoms with Crippen LogP contribution in [0.5, 0.6) is 0 Å². The zero-order chi connectivity index (χ0) is 15.6. The molecule has 7 heteroatoms. The van der Waals surface area contributed by atoms with Crippen LogP contribution < -0.4 is 0 Å². The van der Waals surface area contributed by atoms with Gasteiger partial charge >= 0.3 is 13.6 Å². The van der Waals surface area contributed by atoms with Gasteiger partial charge in [0.05, 0.1) is 12.2 Å². The predicted molar refractivity (Wildman–Crippen MR) is 75.8 cm³/mol. The Morgan fingerprint density at radius 1 is 1.24 bits per heavy atom.